The zero-order valence-corrected chi connectivity index (χ0v) is 9.49. The number of alkyl halides is 2. The van der Waals surface area contributed by atoms with E-state index in [2.05, 4.69) is 10.3 Å². The first kappa shape index (κ1) is 12.9. The van der Waals surface area contributed by atoms with E-state index in [4.69, 9.17) is 10.2 Å². The minimum absolute atomic E-state index is 0.0441. The number of rotatable bonds is 4. The lowest BCUT2D eigenvalue weighted by atomic mass is 10.2. The molecule has 0 bridgehead atoms. The van der Waals surface area contributed by atoms with Gasteiger partial charge in [0.2, 0.25) is 0 Å². The van der Waals surface area contributed by atoms with Crippen molar-refractivity contribution in [1.29, 1.82) is 0 Å². The quantitative estimate of drug-likeness (QED) is 0.881. The number of hydrogen-bond donors (Lipinski definition) is 2. The number of halogens is 2. The van der Waals surface area contributed by atoms with Crippen LogP contribution in [0.5, 0.6) is 5.75 Å². The summed E-state index contributed by atoms with van der Waals surface area (Å²) in [4.78, 5) is 10.8. The Labute approximate surface area is 105 Å². The van der Waals surface area contributed by atoms with Gasteiger partial charge in [0.15, 0.2) is 5.69 Å². The second-order valence-corrected chi connectivity index (χ2v) is 3.75. The molecule has 19 heavy (non-hydrogen) atoms. The van der Waals surface area contributed by atoms with Crippen LogP contribution >= 0.6 is 0 Å². The lowest BCUT2D eigenvalue weighted by Crippen LogP contribution is -2.09. The fourth-order valence-electron chi connectivity index (χ4n) is 1.58. The van der Waals surface area contributed by atoms with Gasteiger partial charge in [-0.05, 0) is 17.7 Å². The van der Waals surface area contributed by atoms with E-state index in [1.165, 1.54) is 24.3 Å². The van der Waals surface area contributed by atoms with Gasteiger partial charge in [-0.2, -0.15) is 0 Å². The molecule has 0 saturated carbocycles. The van der Waals surface area contributed by atoms with Gasteiger partial charge in [0.1, 0.15) is 11.4 Å². The molecular formula is C11H9F2N3O3. The summed E-state index contributed by atoms with van der Waals surface area (Å²) in [5.74, 6) is -1.50. The third kappa shape index (κ3) is 2.67. The third-order valence-electron chi connectivity index (χ3n) is 2.45. The van der Waals surface area contributed by atoms with Crippen molar-refractivity contribution in [3.8, 4) is 5.75 Å². The first-order valence-corrected chi connectivity index (χ1v) is 5.21. The van der Waals surface area contributed by atoms with E-state index in [9.17, 15) is 13.6 Å². The Bertz CT molecular complexity index is 596. The topological polar surface area (TPSA) is 88.2 Å². The highest BCUT2D eigenvalue weighted by Crippen LogP contribution is 2.22. The molecule has 0 aliphatic rings. The van der Waals surface area contributed by atoms with E-state index >= 15 is 0 Å². The summed E-state index contributed by atoms with van der Waals surface area (Å²) < 4.78 is 26.5. The SMILES string of the molecule is O=C(O)c1nnn(Cc2ccc(O)cc2)c1C(F)F. The maximum Gasteiger partial charge on any atom is 0.358 e. The minimum Gasteiger partial charge on any atom is -0.508 e. The summed E-state index contributed by atoms with van der Waals surface area (Å²) in [6.07, 6.45) is -2.99. The molecule has 1 aromatic carbocycles. The lowest BCUT2D eigenvalue weighted by Gasteiger charge is -2.06. The van der Waals surface area contributed by atoms with Gasteiger partial charge >= 0.3 is 5.97 Å². The lowest BCUT2D eigenvalue weighted by molar-refractivity contribution is 0.0675. The highest BCUT2D eigenvalue weighted by Gasteiger charge is 2.26. The number of aromatic hydroxyl groups is 1. The van der Waals surface area contributed by atoms with Crippen molar-refractivity contribution >= 4 is 5.97 Å². The Hall–Kier alpha value is -2.51. The summed E-state index contributed by atoms with van der Waals surface area (Å²) in [7, 11) is 0. The summed E-state index contributed by atoms with van der Waals surface area (Å²) >= 11 is 0. The van der Waals surface area contributed by atoms with Gasteiger partial charge in [0, 0.05) is 0 Å². The number of aromatic carboxylic acids is 1. The zero-order valence-electron chi connectivity index (χ0n) is 9.49. The Balaban J connectivity index is 2.35. The molecule has 1 heterocycles. The predicted molar refractivity (Wildman–Crippen MR) is 59.1 cm³/mol. The van der Waals surface area contributed by atoms with Crippen molar-refractivity contribution in [2.75, 3.05) is 0 Å². The highest BCUT2D eigenvalue weighted by atomic mass is 19.3. The van der Waals surface area contributed by atoms with Gasteiger partial charge in [-0.3, -0.25) is 0 Å². The number of carboxylic acid groups (broad SMARTS) is 1. The molecule has 0 aliphatic carbocycles. The molecule has 6 nitrogen and oxygen atoms in total. The number of phenolic OH excluding ortho intramolecular Hbond substituents is 1. The predicted octanol–water partition coefficient (Wildman–Crippen LogP) is 1.67. The van der Waals surface area contributed by atoms with Gasteiger partial charge in [-0.25, -0.2) is 18.3 Å². The average Bonchev–Trinajstić information content (AvgIpc) is 2.76. The molecule has 0 atom stereocenters. The molecule has 2 N–H and O–H groups in total. The molecule has 0 spiro atoms. The molecule has 100 valence electrons. The van der Waals surface area contributed by atoms with E-state index in [1.807, 2.05) is 0 Å². The van der Waals surface area contributed by atoms with E-state index in [1.54, 1.807) is 0 Å². The third-order valence-corrected chi connectivity index (χ3v) is 2.45. The number of aromatic nitrogens is 3. The summed E-state index contributed by atoms with van der Waals surface area (Å²) in [6.45, 7) is -0.0553. The van der Waals surface area contributed by atoms with E-state index in [-0.39, 0.29) is 12.3 Å². The molecule has 0 amide bonds. The zero-order chi connectivity index (χ0) is 14.0. The van der Waals surface area contributed by atoms with E-state index in [0.717, 1.165) is 4.68 Å². The largest absolute Gasteiger partial charge is 0.508 e. The van der Waals surface area contributed by atoms with Crippen LogP contribution in [-0.4, -0.2) is 31.2 Å². The van der Waals surface area contributed by atoms with Gasteiger partial charge in [-0.1, -0.05) is 17.3 Å². The van der Waals surface area contributed by atoms with Crippen LogP contribution < -0.4 is 0 Å². The summed E-state index contributed by atoms with van der Waals surface area (Å²) in [5.41, 5.74) is -0.907. The number of carboxylic acids is 1. The number of hydrogen-bond acceptors (Lipinski definition) is 4. The molecule has 0 fully saturated rings. The van der Waals surface area contributed by atoms with E-state index < -0.39 is 23.8 Å². The van der Waals surface area contributed by atoms with Crippen LogP contribution in [0.15, 0.2) is 24.3 Å². The normalized spacial score (nSPS) is 10.9. The first-order valence-electron chi connectivity index (χ1n) is 5.21. The Morgan fingerprint density at radius 3 is 2.47 bits per heavy atom. The molecule has 0 aliphatic heterocycles. The van der Waals surface area contributed by atoms with Crippen molar-refractivity contribution in [3.63, 3.8) is 0 Å². The highest BCUT2D eigenvalue weighted by molar-refractivity contribution is 5.86. The average molecular weight is 269 g/mol. The van der Waals surface area contributed by atoms with Crippen LogP contribution in [0, 0.1) is 0 Å². The van der Waals surface area contributed by atoms with Crippen LogP contribution in [0.2, 0.25) is 0 Å². The van der Waals surface area contributed by atoms with Gasteiger partial charge in [-0.15, -0.1) is 5.10 Å². The number of carbonyl (C=O) groups is 1. The summed E-state index contributed by atoms with van der Waals surface area (Å²) in [5, 5.41) is 24.5. The van der Waals surface area contributed by atoms with Gasteiger partial charge in [0.25, 0.3) is 6.43 Å². The maximum absolute atomic E-state index is 12.8. The van der Waals surface area contributed by atoms with Crippen molar-refractivity contribution in [3.05, 3.63) is 41.2 Å². The fourth-order valence-corrected chi connectivity index (χ4v) is 1.58. The fraction of sp³-hybridized carbons (Fsp3) is 0.182. The van der Waals surface area contributed by atoms with Gasteiger partial charge in [0.05, 0.1) is 6.54 Å². The first-order chi connectivity index (χ1) is 8.99. The minimum atomic E-state index is -2.99. The second-order valence-electron chi connectivity index (χ2n) is 3.75. The van der Waals surface area contributed by atoms with Gasteiger partial charge < -0.3 is 10.2 Å². The molecular weight excluding hydrogens is 260 g/mol. The molecule has 0 saturated heterocycles. The molecule has 0 unspecified atom stereocenters. The second kappa shape index (κ2) is 5.01. The van der Waals surface area contributed by atoms with Crippen molar-refractivity contribution < 1.29 is 23.8 Å². The molecule has 2 rings (SSSR count). The van der Waals surface area contributed by atoms with Crippen molar-refractivity contribution in [1.82, 2.24) is 15.0 Å². The smallest absolute Gasteiger partial charge is 0.358 e. The van der Waals surface area contributed by atoms with Crippen molar-refractivity contribution in [2.24, 2.45) is 0 Å². The van der Waals surface area contributed by atoms with Crippen LogP contribution in [-0.2, 0) is 6.54 Å². The monoisotopic (exact) mass is 269 g/mol. The molecule has 8 heteroatoms. The Morgan fingerprint density at radius 2 is 1.95 bits per heavy atom. The number of phenols is 1. The van der Waals surface area contributed by atoms with Crippen LogP contribution in [0.4, 0.5) is 8.78 Å². The van der Waals surface area contributed by atoms with Crippen molar-refractivity contribution in [2.45, 2.75) is 13.0 Å². The summed E-state index contributed by atoms with van der Waals surface area (Å²) in [6, 6.07) is 5.83. The molecule has 0 radical (unpaired) electrons. The number of benzene rings is 1. The number of nitrogens with zero attached hydrogens (tertiary/aromatic N) is 3. The Morgan fingerprint density at radius 1 is 1.32 bits per heavy atom. The molecule has 1 aromatic heterocycles. The Kier molecular flexibility index (Phi) is 3.41. The van der Waals surface area contributed by atoms with E-state index in [0.29, 0.717) is 5.56 Å². The standard InChI is InChI=1S/C11H9F2N3O3/c12-10(13)9-8(11(18)19)14-15-16(9)5-6-1-3-7(17)4-2-6/h1-4,10,17H,5H2,(H,18,19). The van der Waals surface area contributed by atoms with Crippen LogP contribution in [0.1, 0.15) is 28.2 Å². The molecule has 2 aromatic rings. The maximum atomic E-state index is 12.8. The van der Waals surface area contributed by atoms with Crippen LogP contribution in [0.3, 0.4) is 0 Å². The van der Waals surface area contributed by atoms with Crippen LogP contribution in [0.25, 0.3) is 0 Å².